The van der Waals surface area contributed by atoms with E-state index in [0.717, 1.165) is 0 Å². The molecule has 0 aliphatic heterocycles. The summed E-state index contributed by atoms with van der Waals surface area (Å²) < 4.78 is 9.45. The molecule has 1 N–H and O–H groups in total. The number of carbonyl (C=O) groups excluding carboxylic acids is 4. The molecule has 2 fully saturated rings. The first kappa shape index (κ1) is 20.0. The van der Waals surface area contributed by atoms with Crippen molar-refractivity contribution in [2.45, 2.75) is 40.0 Å². The van der Waals surface area contributed by atoms with Crippen LogP contribution in [-0.4, -0.2) is 37.8 Å². The van der Waals surface area contributed by atoms with Crippen molar-refractivity contribution in [1.29, 1.82) is 0 Å². The first-order chi connectivity index (χ1) is 13.0. The van der Waals surface area contributed by atoms with Gasteiger partial charge in [0.25, 0.3) is 0 Å². The minimum absolute atomic E-state index is 0.109. The van der Waals surface area contributed by atoms with Crippen LogP contribution in [0.4, 0.5) is 5.69 Å². The summed E-state index contributed by atoms with van der Waals surface area (Å²) in [7, 11) is 2.47. The van der Waals surface area contributed by atoms with E-state index in [1.807, 2.05) is 20.8 Å². The van der Waals surface area contributed by atoms with Gasteiger partial charge in [0.15, 0.2) is 0 Å². The molecule has 7 heteroatoms. The molecule has 2 atom stereocenters. The summed E-state index contributed by atoms with van der Waals surface area (Å²) in [5.41, 5.74) is -1.30. The molecule has 0 radical (unpaired) electrons. The predicted molar refractivity (Wildman–Crippen MR) is 101 cm³/mol. The summed E-state index contributed by atoms with van der Waals surface area (Å²) in [5, 5.41) is 2.83. The lowest BCUT2D eigenvalue weighted by Crippen LogP contribution is -2.43. The van der Waals surface area contributed by atoms with Gasteiger partial charge in [-0.25, -0.2) is 9.59 Å². The number of carbonyl (C=O) groups is 4. The minimum atomic E-state index is -0.814. The van der Waals surface area contributed by atoms with Crippen molar-refractivity contribution < 1.29 is 28.7 Å². The van der Waals surface area contributed by atoms with Crippen LogP contribution in [0.3, 0.4) is 0 Å². The number of fused-ring (bicyclic) bond motifs is 2. The monoisotopic (exact) mass is 387 g/mol. The number of methoxy groups -OCH3 is 2. The Labute approximate surface area is 163 Å². The number of rotatable bonds is 4. The number of hydrogen-bond acceptors (Lipinski definition) is 6. The number of nitrogens with one attached hydrogen (secondary N) is 1. The van der Waals surface area contributed by atoms with Gasteiger partial charge in [0.2, 0.25) is 5.91 Å². The molecule has 1 aromatic carbocycles. The Hall–Kier alpha value is -2.70. The Morgan fingerprint density at radius 3 is 1.86 bits per heavy atom. The average Bonchev–Trinajstić information content (AvgIpc) is 2.96. The van der Waals surface area contributed by atoms with Crippen LogP contribution in [0.1, 0.15) is 60.7 Å². The van der Waals surface area contributed by atoms with Gasteiger partial charge in [0.05, 0.1) is 30.8 Å². The smallest absolute Gasteiger partial charge is 0.337 e. The zero-order valence-corrected chi connectivity index (χ0v) is 16.8. The van der Waals surface area contributed by atoms with Crippen LogP contribution in [0.2, 0.25) is 0 Å². The SMILES string of the molecule is COC(=O)c1cc(NC(=O)[C@@]23CC[C@](C)(C(=O)C2)C3(C)C)cc(C(=O)OC)c1. The normalized spacial score (nSPS) is 27.4. The highest BCUT2D eigenvalue weighted by molar-refractivity contribution is 6.06. The number of anilines is 1. The van der Waals surface area contributed by atoms with Gasteiger partial charge in [0.1, 0.15) is 5.78 Å². The van der Waals surface area contributed by atoms with E-state index < -0.39 is 28.2 Å². The Morgan fingerprint density at radius 1 is 0.929 bits per heavy atom. The topological polar surface area (TPSA) is 98.8 Å². The molecule has 1 aromatic rings. The highest BCUT2D eigenvalue weighted by Crippen LogP contribution is 2.70. The summed E-state index contributed by atoms with van der Waals surface area (Å²) in [6.07, 6.45) is 1.49. The molecule has 2 bridgehead atoms. The second-order valence-electron chi connectivity index (χ2n) is 8.38. The van der Waals surface area contributed by atoms with Crippen LogP contribution < -0.4 is 5.32 Å². The van der Waals surface area contributed by atoms with E-state index in [1.165, 1.54) is 32.4 Å². The number of amides is 1. The standard InChI is InChI=1S/C21H25NO6/c1-19(2)20(3)6-7-21(19,11-15(20)23)18(26)22-14-9-12(16(24)27-4)8-13(10-14)17(25)28-5/h8-10H,6-7,11H2,1-5H3,(H,22,26)/t20-,21-/m1/s1. The first-order valence-corrected chi connectivity index (χ1v) is 9.19. The van der Waals surface area contributed by atoms with Gasteiger partial charge in [-0.3, -0.25) is 9.59 Å². The summed E-state index contributed by atoms with van der Waals surface area (Å²) >= 11 is 0. The molecule has 2 aliphatic carbocycles. The van der Waals surface area contributed by atoms with Gasteiger partial charge in [0, 0.05) is 17.5 Å². The van der Waals surface area contributed by atoms with E-state index in [4.69, 9.17) is 9.47 Å². The molecule has 0 heterocycles. The van der Waals surface area contributed by atoms with Gasteiger partial charge >= 0.3 is 11.9 Å². The number of ketones is 1. The van der Waals surface area contributed by atoms with E-state index >= 15 is 0 Å². The van der Waals surface area contributed by atoms with Gasteiger partial charge in [-0.15, -0.1) is 0 Å². The van der Waals surface area contributed by atoms with Crippen molar-refractivity contribution in [2.75, 3.05) is 19.5 Å². The molecule has 0 saturated heterocycles. The molecule has 2 saturated carbocycles. The molecule has 7 nitrogen and oxygen atoms in total. The second-order valence-corrected chi connectivity index (χ2v) is 8.38. The fourth-order valence-corrected chi connectivity index (χ4v) is 4.78. The number of benzene rings is 1. The molecular weight excluding hydrogens is 362 g/mol. The molecule has 2 aliphatic rings. The van der Waals surface area contributed by atoms with Crippen molar-refractivity contribution >= 4 is 29.3 Å². The predicted octanol–water partition coefficient (Wildman–Crippen LogP) is 2.98. The van der Waals surface area contributed by atoms with Crippen molar-refractivity contribution in [3.05, 3.63) is 29.3 Å². The zero-order chi connectivity index (χ0) is 20.9. The third-order valence-corrected chi connectivity index (χ3v) is 7.17. The Morgan fingerprint density at radius 2 is 1.46 bits per heavy atom. The summed E-state index contributed by atoms with van der Waals surface area (Å²) in [4.78, 5) is 49.8. The van der Waals surface area contributed by atoms with Crippen molar-refractivity contribution in [1.82, 2.24) is 0 Å². The van der Waals surface area contributed by atoms with Crippen LogP contribution >= 0.6 is 0 Å². The van der Waals surface area contributed by atoms with E-state index in [-0.39, 0.29) is 34.9 Å². The molecular formula is C21H25NO6. The van der Waals surface area contributed by atoms with E-state index in [1.54, 1.807) is 0 Å². The molecule has 3 rings (SSSR count). The number of esters is 2. The van der Waals surface area contributed by atoms with Gasteiger partial charge in [-0.1, -0.05) is 20.8 Å². The maximum Gasteiger partial charge on any atom is 0.337 e. The van der Waals surface area contributed by atoms with E-state index in [0.29, 0.717) is 12.8 Å². The fourth-order valence-electron chi connectivity index (χ4n) is 4.78. The van der Waals surface area contributed by atoms with Gasteiger partial charge < -0.3 is 14.8 Å². The fraction of sp³-hybridized carbons (Fsp3) is 0.524. The zero-order valence-electron chi connectivity index (χ0n) is 16.8. The first-order valence-electron chi connectivity index (χ1n) is 9.19. The molecule has 1 amide bonds. The number of ether oxygens (including phenoxy) is 2. The summed E-state index contributed by atoms with van der Waals surface area (Å²) in [5.74, 6) is -1.43. The van der Waals surface area contributed by atoms with Crippen molar-refractivity contribution in [3.63, 3.8) is 0 Å². The second kappa shape index (κ2) is 6.43. The molecule has 0 aromatic heterocycles. The number of Topliss-reactive ketones (excluding diaryl/α,β-unsaturated/α-hetero) is 1. The van der Waals surface area contributed by atoms with Crippen LogP contribution in [-0.2, 0) is 19.1 Å². The Balaban J connectivity index is 1.98. The maximum absolute atomic E-state index is 13.3. The van der Waals surface area contributed by atoms with Gasteiger partial charge in [-0.2, -0.15) is 0 Å². The Kier molecular flexibility index (Phi) is 4.60. The average molecular weight is 387 g/mol. The quantitative estimate of drug-likeness (QED) is 0.798. The third-order valence-electron chi connectivity index (χ3n) is 7.17. The van der Waals surface area contributed by atoms with Crippen molar-refractivity contribution in [3.8, 4) is 0 Å². The number of hydrogen-bond donors (Lipinski definition) is 1. The van der Waals surface area contributed by atoms with Crippen LogP contribution in [0.5, 0.6) is 0 Å². The van der Waals surface area contributed by atoms with Gasteiger partial charge in [-0.05, 0) is 36.5 Å². The maximum atomic E-state index is 13.3. The van der Waals surface area contributed by atoms with E-state index in [9.17, 15) is 19.2 Å². The van der Waals surface area contributed by atoms with Crippen LogP contribution in [0.25, 0.3) is 0 Å². The van der Waals surface area contributed by atoms with E-state index in [2.05, 4.69) is 5.32 Å². The Bertz CT molecular complexity index is 855. The molecule has 0 spiro atoms. The van der Waals surface area contributed by atoms with Crippen LogP contribution in [0, 0.1) is 16.2 Å². The lowest BCUT2D eigenvalue weighted by Gasteiger charge is -2.38. The lowest BCUT2D eigenvalue weighted by atomic mass is 9.64. The molecule has 150 valence electrons. The lowest BCUT2D eigenvalue weighted by molar-refractivity contribution is -0.131. The largest absolute Gasteiger partial charge is 0.465 e. The third kappa shape index (κ3) is 2.56. The molecule has 28 heavy (non-hydrogen) atoms. The molecule has 0 unspecified atom stereocenters. The summed E-state index contributed by atoms with van der Waals surface area (Å²) in [6.45, 7) is 5.87. The highest BCUT2D eigenvalue weighted by atomic mass is 16.5. The van der Waals surface area contributed by atoms with Crippen LogP contribution in [0.15, 0.2) is 18.2 Å². The van der Waals surface area contributed by atoms with Crippen molar-refractivity contribution in [2.24, 2.45) is 16.2 Å². The summed E-state index contributed by atoms with van der Waals surface area (Å²) in [6, 6.07) is 4.25. The minimum Gasteiger partial charge on any atom is -0.465 e. The highest BCUT2D eigenvalue weighted by Gasteiger charge is 2.72.